The van der Waals surface area contributed by atoms with Gasteiger partial charge in [-0.25, -0.2) is 4.98 Å². The summed E-state index contributed by atoms with van der Waals surface area (Å²) in [5, 5.41) is 21.3. The number of amides is 1. The second kappa shape index (κ2) is 8.98. The topological polar surface area (TPSA) is 167 Å². The van der Waals surface area contributed by atoms with E-state index in [0.717, 1.165) is 11.4 Å². The average Bonchev–Trinajstić information content (AvgIpc) is 3.40. The van der Waals surface area contributed by atoms with Gasteiger partial charge in [0.2, 0.25) is 11.9 Å². The molecule has 1 aromatic carbocycles. The maximum atomic E-state index is 12.1. The third-order valence-corrected chi connectivity index (χ3v) is 5.89. The molecule has 0 aliphatic heterocycles. The zero-order valence-corrected chi connectivity index (χ0v) is 18.3. The van der Waals surface area contributed by atoms with Gasteiger partial charge in [0, 0.05) is 13.2 Å². The number of anilines is 1. The maximum Gasteiger partial charge on any atom is 0.312 e. The van der Waals surface area contributed by atoms with Crippen LogP contribution < -0.4 is 15.8 Å². The van der Waals surface area contributed by atoms with Gasteiger partial charge in [-0.05, 0) is 50.5 Å². The predicted octanol–water partition coefficient (Wildman–Crippen LogP) is 1.14. The van der Waals surface area contributed by atoms with Crippen molar-refractivity contribution in [3.05, 3.63) is 30.5 Å². The number of benzene rings is 1. The van der Waals surface area contributed by atoms with Crippen LogP contribution >= 0.6 is 0 Å². The lowest BCUT2D eigenvalue weighted by Crippen LogP contribution is -2.49. The van der Waals surface area contributed by atoms with Crippen molar-refractivity contribution < 1.29 is 24.2 Å². The van der Waals surface area contributed by atoms with Crippen LogP contribution in [0.25, 0.3) is 16.9 Å². The Balaban J connectivity index is 1.57. The van der Waals surface area contributed by atoms with E-state index < -0.39 is 23.4 Å². The van der Waals surface area contributed by atoms with E-state index in [9.17, 15) is 14.7 Å². The molecule has 12 heteroatoms. The van der Waals surface area contributed by atoms with Crippen LogP contribution in [0.3, 0.4) is 0 Å². The van der Waals surface area contributed by atoms with E-state index in [0.29, 0.717) is 30.1 Å². The minimum Gasteiger partial charge on any atom is -0.494 e. The quantitative estimate of drug-likeness (QED) is 0.425. The Labute approximate surface area is 189 Å². The Kier molecular flexibility index (Phi) is 6.09. The molecule has 0 bridgehead atoms. The summed E-state index contributed by atoms with van der Waals surface area (Å²) in [5.74, 6) is -0.873. The van der Waals surface area contributed by atoms with Crippen LogP contribution in [-0.4, -0.2) is 67.8 Å². The van der Waals surface area contributed by atoms with Crippen molar-refractivity contribution >= 4 is 29.0 Å². The third kappa shape index (κ3) is 4.16. The number of nitrogens with two attached hydrogens (primary N) is 1. The second-order valence-corrected chi connectivity index (χ2v) is 7.89. The summed E-state index contributed by atoms with van der Waals surface area (Å²) in [5.41, 5.74) is 5.74. The van der Waals surface area contributed by atoms with Gasteiger partial charge in [0.15, 0.2) is 17.3 Å². The first kappa shape index (κ1) is 22.4. The molecule has 174 valence electrons. The summed E-state index contributed by atoms with van der Waals surface area (Å²) in [6, 6.07) is 7.08. The standard InChI is InChI=1S/C21H25N7O5/c1-3-33-14-6-4-13(5-7-14)28-18-15(26-27-28)11-23-20(25-18)24-12-8-9-21(10-12,19(30)31)16(32-2)17(22)29/h4-7,11-12,16H,3,8-10H2,1-2H3,(H2,22,29)(H,30,31)(H,23,24,25)/t12-,16?,21+/m1/s1. The number of carbonyl (C=O) groups is 2. The van der Waals surface area contributed by atoms with Gasteiger partial charge in [0.1, 0.15) is 11.2 Å². The van der Waals surface area contributed by atoms with E-state index in [1.807, 2.05) is 31.2 Å². The zero-order valence-electron chi connectivity index (χ0n) is 18.3. The van der Waals surface area contributed by atoms with Gasteiger partial charge in [-0.3, -0.25) is 9.59 Å². The van der Waals surface area contributed by atoms with Crippen LogP contribution in [0.1, 0.15) is 26.2 Å². The number of nitrogens with zero attached hydrogens (tertiary/aromatic N) is 5. The largest absolute Gasteiger partial charge is 0.494 e. The highest BCUT2D eigenvalue weighted by atomic mass is 16.5. The van der Waals surface area contributed by atoms with Crippen molar-refractivity contribution in [1.82, 2.24) is 25.0 Å². The Hall–Kier alpha value is -3.80. The van der Waals surface area contributed by atoms with Gasteiger partial charge in [0.25, 0.3) is 0 Å². The molecule has 1 amide bonds. The minimum atomic E-state index is -1.41. The molecule has 3 atom stereocenters. The molecule has 1 aliphatic rings. The monoisotopic (exact) mass is 455 g/mol. The van der Waals surface area contributed by atoms with E-state index in [2.05, 4.69) is 25.6 Å². The molecule has 1 saturated carbocycles. The molecule has 3 aromatic rings. The number of ether oxygens (including phenoxy) is 2. The fourth-order valence-corrected chi connectivity index (χ4v) is 4.36. The van der Waals surface area contributed by atoms with Crippen molar-refractivity contribution in [2.75, 3.05) is 19.0 Å². The highest BCUT2D eigenvalue weighted by Crippen LogP contribution is 2.43. The molecule has 4 rings (SSSR count). The van der Waals surface area contributed by atoms with Gasteiger partial charge < -0.3 is 25.6 Å². The lowest BCUT2D eigenvalue weighted by atomic mass is 9.79. The summed E-state index contributed by atoms with van der Waals surface area (Å²) in [7, 11) is 1.28. The first-order valence-electron chi connectivity index (χ1n) is 10.5. The summed E-state index contributed by atoms with van der Waals surface area (Å²) in [6.07, 6.45) is 1.17. The molecular formula is C21H25N7O5. The molecular weight excluding hydrogens is 430 g/mol. The predicted molar refractivity (Wildman–Crippen MR) is 117 cm³/mol. The molecule has 33 heavy (non-hydrogen) atoms. The molecule has 1 unspecified atom stereocenters. The third-order valence-electron chi connectivity index (χ3n) is 5.89. The zero-order chi connectivity index (χ0) is 23.6. The molecule has 2 heterocycles. The lowest BCUT2D eigenvalue weighted by Gasteiger charge is -2.30. The van der Waals surface area contributed by atoms with Crippen molar-refractivity contribution in [3.8, 4) is 11.4 Å². The van der Waals surface area contributed by atoms with Crippen LogP contribution in [0.2, 0.25) is 0 Å². The highest BCUT2D eigenvalue weighted by Gasteiger charge is 2.54. The highest BCUT2D eigenvalue weighted by molar-refractivity contribution is 5.88. The molecule has 0 spiro atoms. The summed E-state index contributed by atoms with van der Waals surface area (Å²) in [4.78, 5) is 32.7. The molecule has 0 saturated heterocycles. The Bertz CT molecular complexity index is 1170. The Morgan fingerprint density at radius 2 is 2.12 bits per heavy atom. The molecule has 1 aliphatic carbocycles. The van der Waals surface area contributed by atoms with Crippen LogP contribution in [0.4, 0.5) is 5.95 Å². The molecule has 2 aromatic heterocycles. The van der Waals surface area contributed by atoms with Gasteiger partial charge >= 0.3 is 5.97 Å². The van der Waals surface area contributed by atoms with E-state index in [-0.39, 0.29) is 18.9 Å². The fourth-order valence-electron chi connectivity index (χ4n) is 4.36. The van der Waals surface area contributed by atoms with E-state index in [1.54, 1.807) is 10.9 Å². The van der Waals surface area contributed by atoms with Gasteiger partial charge in [-0.1, -0.05) is 5.21 Å². The lowest BCUT2D eigenvalue weighted by molar-refractivity contribution is -0.163. The molecule has 4 N–H and O–H groups in total. The number of aromatic nitrogens is 5. The van der Waals surface area contributed by atoms with Crippen molar-refractivity contribution in [1.29, 1.82) is 0 Å². The smallest absolute Gasteiger partial charge is 0.312 e. The number of methoxy groups -OCH3 is 1. The Morgan fingerprint density at radius 1 is 1.36 bits per heavy atom. The van der Waals surface area contributed by atoms with Crippen LogP contribution in [0.15, 0.2) is 30.5 Å². The summed E-state index contributed by atoms with van der Waals surface area (Å²) >= 11 is 0. The van der Waals surface area contributed by atoms with Crippen molar-refractivity contribution in [2.45, 2.75) is 38.3 Å². The summed E-state index contributed by atoms with van der Waals surface area (Å²) < 4.78 is 12.2. The number of hydrogen-bond acceptors (Lipinski definition) is 9. The normalized spacial score (nSPS) is 21.1. The van der Waals surface area contributed by atoms with E-state index in [4.69, 9.17) is 15.2 Å². The fraction of sp³-hybridized carbons (Fsp3) is 0.429. The first-order valence-corrected chi connectivity index (χ1v) is 10.5. The van der Waals surface area contributed by atoms with Gasteiger partial charge in [-0.15, -0.1) is 5.10 Å². The van der Waals surface area contributed by atoms with E-state index in [1.165, 1.54) is 7.11 Å². The number of hydrogen-bond donors (Lipinski definition) is 3. The van der Waals surface area contributed by atoms with Crippen LogP contribution in [-0.2, 0) is 14.3 Å². The number of carbonyl (C=O) groups excluding carboxylic acids is 1. The number of fused-ring (bicyclic) bond motifs is 1. The SMILES string of the molecule is CCOc1ccc(-n2nnc3cnc(N[C@@H]4CC[C@@](C(=O)O)(C(OC)C(N)=O)C4)nc32)cc1. The Morgan fingerprint density at radius 3 is 2.76 bits per heavy atom. The molecule has 1 fully saturated rings. The summed E-state index contributed by atoms with van der Waals surface area (Å²) in [6.45, 7) is 2.49. The molecule has 0 radical (unpaired) electrons. The van der Waals surface area contributed by atoms with Gasteiger partial charge in [-0.2, -0.15) is 9.67 Å². The minimum absolute atomic E-state index is 0.140. The number of primary amides is 1. The van der Waals surface area contributed by atoms with Gasteiger partial charge in [0.05, 0.1) is 18.5 Å². The van der Waals surface area contributed by atoms with Crippen LogP contribution in [0.5, 0.6) is 5.75 Å². The van der Waals surface area contributed by atoms with Crippen molar-refractivity contribution in [2.24, 2.45) is 11.1 Å². The number of carboxylic acids is 1. The first-order chi connectivity index (χ1) is 15.9. The second-order valence-electron chi connectivity index (χ2n) is 7.89. The number of carboxylic acid groups (broad SMARTS) is 1. The number of aliphatic carboxylic acids is 1. The van der Waals surface area contributed by atoms with Crippen LogP contribution in [0, 0.1) is 5.41 Å². The number of nitrogens with one attached hydrogen (secondary N) is 1. The van der Waals surface area contributed by atoms with Crippen molar-refractivity contribution in [3.63, 3.8) is 0 Å². The average molecular weight is 455 g/mol. The number of rotatable bonds is 9. The maximum absolute atomic E-state index is 12.1. The molecule has 12 nitrogen and oxygen atoms in total. The van der Waals surface area contributed by atoms with E-state index >= 15 is 0 Å².